The molecule has 2 aliphatic carbocycles. The SMILES string of the molecule is Cc1ncc(Nc2nc(N[C@@H]3CCCC[C@@H]3N)c(F)cc2C(N)=O)cc1C1CC1. The topological polar surface area (TPSA) is 119 Å². The largest absolute Gasteiger partial charge is 0.365 e. The highest BCUT2D eigenvalue weighted by Gasteiger charge is 2.27. The van der Waals surface area contributed by atoms with E-state index in [1.54, 1.807) is 6.20 Å². The molecule has 2 atom stereocenters. The van der Waals surface area contributed by atoms with Crippen LogP contribution in [-0.2, 0) is 0 Å². The summed E-state index contributed by atoms with van der Waals surface area (Å²) in [6, 6.07) is 3.03. The number of primary amides is 1. The van der Waals surface area contributed by atoms with E-state index in [2.05, 4.69) is 20.6 Å². The van der Waals surface area contributed by atoms with Gasteiger partial charge in [-0.1, -0.05) is 12.8 Å². The van der Waals surface area contributed by atoms with Crippen molar-refractivity contribution in [1.29, 1.82) is 0 Å². The van der Waals surface area contributed by atoms with Crippen molar-refractivity contribution in [2.45, 2.75) is 63.5 Å². The quantitative estimate of drug-likeness (QED) is 0.593. The second-order valence-electron chi connectivity index (χ2n) is 8.08. The van der Waals surface area contributed by atoms with Crippen molar-refractivity contribution in [1.82, 2.24) is 9.97 Å². The number of aryl methyl sites for hydroxylation is 1. The van der Waals surface area contributed by atoms with Gasteiger partial charge in [0.1, 0.15) is 5.82 Å². The fourth-order valence-electron chi connectivity index (χ4n) is 3.95. The number of anilines is 3. The minimum atomic E-state index is -0.748. The fraction of sp³-hybridized carbons (Fsp3) is 0.476. The lowest BCUT2D eigenvalue weighted by molar-refractivity contribution is 0.100. The molecule has 8 heteroatoms. The highest BCUT2D eigenvalue weighted by molar-refractivity contribution is 5.98. The van der Waals surface area contributed by atoms with Gasteiger partial charge in [0.05, 0.1) is 17.4 Å². The molecular formula is C21H27FN6O. The molecule has 0 unspecified atom stereocenters. The molecule has 4 rings (SSSR count). The van der Waals surface area contributed by atoms with Gasteiger partial charge in [0.25, 0.3) is 5.91 Å². The number of amides is 1. The lowest BCUT2D eigenvalue weighted by Crippen LogP contribution is -2.43. The van der Waals surface area contributed by atoms with Crippen LogP contribution in [0.15, 0.2) is 18.3 Å². The van der Waals surface area contributed by atoms with E-state index in [4.69, 9.17) is 11.5 Å². The average molecular weight is 398 g/mol. The van der Waals surface area contributed by atoms with Gasteiger partial charge in [0.2, 0.25) is 0 Å². The van der Waals surface area contributed by atoms with E-state index in [1.165, 1.54) is 5.56 Å². The number of halogens is 1. The van der Waals surface area contributed by atoms with Crippen molar-refractivity contribution in [3.05, 3.63) is 41.0 Å². The van der Waals surface area contributed by atoms with Gasteiger partial charge >= 0.3 is 0 Å². The summed E-state index contributed by atoms with van der Waals surface area (Å²) in [6.07, 6.45) is 7.86. The highest BCUT2D eigenvalue weighted by atomic mass is 19.1. The maximum atomic E-state index is 14.6. The number of nitrogens with zero attached hydrogens (tertiary/aromatic N) is 2. The Kier molecular flexibility index (Phi) is 5.36. The smallest absolute Gasteiger partial charge is 0.252 e. The second kappa shape index (κ2) is 7.94. The first-order valence-electron chi connectivity index (χ1n) is 10.2. The molecule has 0 bridgehead atoms. The first-order chi connectivity index (χ1) is 13.9. The summed E-state index contributed by atoms with van der Waals surface area (Å²) in [5.41, 5.74) is 14.5. The zero-order chi connectivity index (χ0) is 20.5. The molecule has 2 aliphatic rings. The predicted molar refractivity (Wildman–Crippen MR) is 111 cm³/mol. The Labute approximate surface area is 169 Å². The molecule has 29 heavy (non-hydrogen) atoms. The van der Waals surface area contributed by atoms with E-state index in [0.29, 0.717) is 11.6 Å². The maximum Gasteiger partial charge on any atom is 0.252 e. The Morgan fingerprint density at radius 2 is 1.93 bits per heavy atom. The van der Waals surface area contributed by atoms with Crippen LogP contribution < -0.4 is 22.1 Å². The average Bonchev–Trinajstić information content (AvgIpc) is 3.52. The third kappa shape index (κ3) is 4.32. The van der Waals surface area contributed by atoms with E-state index in [-0.39, 0.29) is 29.3 Å². The molecule has 154 valence electrons. The van der Waals surface area contributed by atoms with Crippen LogP contribution in [0, 0.1) is 12.7 Å². The van der Waals surface area contributed by atoms with Crippen LogP contribution in [0.25, 0.3) is 0 Å². The third-order valence-corrected chi connectivity index (χ3v) is 5.79. The number of nitrogens with two attached hydrogens (primary N) is 2. The molecule has 0 aromatic carbocycles. The molecule has 6 N–H and O–H groups in total. The maximum absolute atomic E-state index is 14.6. The number of rotatable bonds is 6. The highest BCUT2D eigenvalue weighted by Crippen LogP contribution is 2.42. The van der Waals surface area contributed by atoms with Crippen molar-refractivity contribution in [2.75, 3.05) is 10.6 Å². The van der Waals surface area contributed by atoms with E-state index in [1.807, 2.05) is 13.0 Å². The monoisotopic (exact) mass is 398 g/mol. The van der Waals surface area contributed by atoms with Crippen molar-refractivity contribution in [3.8, 4) is 0 Å². The molecule has 2 heterocycles. The van der Waals surface area contributed by atoms with Gasteiger partial charge in [-0.15, -0.1) is 0 Å². The number of aromatic nitrogens is 2. The summed E-state index contributed by atoms with van der Waals surface area (Å²) in [5, 5.41) is 6.23. The van der Waals surface area contributed by atoms with Crippen LogP contribution in [0.2, 0.25) is 0 Å². The Morgan fingerprint density at radius 3 is 2.62 bits per heavy atom. The summed E-state index contributed by atoms with van der Waals surface area (Å²) in [4.78, 5) is 20.7. The molecule has 2 saturated carbocycles. The zero-order valence-electron chi connectivity index (χ0n) is 16.5. The number of pyridine rings is 2. The van der Waals surface area contributed by atoms with Crippen LogP contribution in [0.5, 0.6) is 0 Å². The van der Waals surface area contributed by atoms with Gasteiger partial charge in [0.15, 0.2) is 11.6 Å². The Balaban J connectivity index is 1.64. The van der Waals surface area contributed by atoms with Gasteiger partial charge in [-0.3, -0.25) is 9.78 Å². The number of carbonyl (C=O) groups excluding carboxylic acids is 1. The number of carbonyl (C=O) groups is 1. The molecule has 1 amide bonds. The molecule has 0 spiro atoms. The first-order valence-corrected chi connectivity index (χ1v) is 10.2. The fourth-order valence-corrected chi connectivity index (χ4v) is 3.95. The molecule has 0 radical (unpaired) electrons. The molecule has 7 nitrogen and oxygen atoms in total. The Bertz CT molecular complexity index is 930. The summed E-state index contributed by atoms with van der Waals surface area (Å²) in [6.45, 7) is 1.98. The lowest BCUT2D eigenvalue weighted by atomic mass is 9.91. The summed E-state index contributed by atoms with van der Waals surface area (Å²) < 4.78 is 14.6. The summed E-state index contributed by atoms with van der Waals surface area (Å²) in [5.74, 6) is -0.559. The number of hydrogen-bond acceptors (Lipinski definition) is 6. The van der Waals surface area contributed by atoms with E-state index in [9.17, 15) is 9.18 Å². The van der Waals surface area contributed by atoms with Gasteiger partial charge < -0.3 is 22.1 Å². The minimum Gasteiger partial charge on any atom is -0.365 e. The molecule has 2 fully saturated rings. The standard InChI is InChI=1S/C21H27FN6O/c1-11-14(12-6-7-12)8-13(10-25-11)26-20-15(19(24)29)9-16(22)21(28-20)27-18-5-3-2-4-17(18)23/h8-10,12,17-18H,2-7,23H2,1H3,(H2,24,29)(H2,26,27,28)/t17-,18+/m0/s1. The molecule has 0 aliphatic heterocycles. The van der Waals surface area contributed by atoms with Crippen molar-refractivity contribution >= 4 is 23.2 Å². The summed E-state index contributed by atoms with van der Waals surface area (Å²) >= 11 is 0. The van der Waals surface area contributed by atoms with E-state index < -0.39 is 11.7 Å². The first kappa shape index (κ1) is 19.6. The summed E-state index contributed by atoms with van der Waals surface area (Å²) in [7, 11) is 0. The predicted octanol–water partition coefficient (Wildman–Crippen LogP) is 3.33. The Morgan fingerprint density at radius 1 is 1.17 bits per heavy atom. The van der Waals surface area contributed by atoms with Crippen molar-refractivity contribution in [3.63, 3.8) is 0 Å². The molecule has 2 aromatic heterocycles. The molecule has 0 saturated heterocycles. The van der Waals surface area contributed by atoms with Crippen molar-refractivity contribution in [2.24, 2.45) is 11.5 Å². The van der Waals surface area contributed by atoms with E-state index >= 15 is 0 Å². The third-order valence-electron chi connectivity index (χ3n) is 5.79. The van der Waals surface area contributed by atoms with Crippen LogP contribution >= 0.6 is 0 Å². The van der Waals surface area contributed by atoms with Gasteiger partial charge in [-0.2, -0.15) is 0 Å². The molecular weight excluding hydrogens is 371 g/mol. The Hall–Kier alpha value is -2.74. The van der Waals surface area contributed by atoms with Gasteiger partial charge in [-0.25, -0.2) is 9.37 Å². The van der Waals surface area contributed by atoms with Crippen LogP contribution in [0.1, 0.15) is 66.1 Å². The van der Waals surface area contributed by atoms with Crippen LogP contribution in [-0.4, -0.2) is 28.0 Å². The lowest BCUT2D eigenvalue weighted by Gasteiger charge is -2.30. The number of hydrogen-bond donors (Lipinski definition) is 4. The minimum absolute atomic E-state index is 0.00506. The van der Waals surface area contributed by atoms with Crippen molar-refractivity contribution < 1.29 is 9.18 Å². The van der Waals surface area contributed by atoms with Gasteiger partial charge in [-0.05, 0) is 56.2 Å². The van der Waals surface area contributed by atoms with Crippen LogP contribution in [0.4, 0.5) is 21.7 Å². The molecule has 2 aromatic rings. The normalized spacial score (nSPS) is 21.6. The van der Waals surface area contributed by atoms with E-state index in [0.717, 1.165) is 50.3 Å². The second-order valence-corrected chi connectivity index (χ2v) is 8.08. The van der Waals surface area contributed by atoms with Crippen LogP contribution in [0.3, 0.4) is 0 Å². The van der Waals surface area contributed by atoms with Gasteiger partial charge in [0, 0.05) is 17.8 Å². The number of nitrogens with one attached hydrogen (secondary N) is 2. The zero-order valence-corrected chi connectivity index (χ0v) is 16.5.